The van der Waals surface area contributed by atoms with Gasteiger partial charge in [-0.15, -0.1) is 6.58 Å². The predicted octanol–water partition coefficient (Wildman–Crippen LogP) is 5.63. The van der Waals surface area contributed by atoms with Crippen molar-refractivity contribution in [1.82, 2.24) is 5.32 Å². The Bertz CT molecular complexity index is 1090. The summed E-state index contributed by atoms with van der Waals surface area (Å²) in [6.07, 6.45) is 1.95. The summed E-state index contributed by atoms with van der Waals surface area (Å²) in [5, 5.41) is 8.30. The lowest BCUT2D eigenvalue weighted by Crippen LogP contribution is -2.28. The summed E-state index contributed by atoms with van der Waals surface area (Å²) in [6, 6.07) is 23.2. The van der Waals surface area contributed by atoms with Crippen LogP contribution in [0.25, 0.3) is 0 Å². The predicted molar refractivity (Wildman–Crippen MR) is 131 cm³/mol. The van der Waals surface area contributed by atoms with Gasteiger partial charge in [0.05, 0.1) is 11.4 Å². The fourth-order valence-corrected chi connectivity index (χ4v) is 4.53. The molecule has 0 atom stereocenters. The second-order valence-corrected chi connectivity index (χ2v) is 8.27. The van der Waals surface area contributed by atoms with Crippen molar-refractivity contribution in [2.45, 2.75) is 16.2 Å². The Morgan fingerprint density at radius 3 is 2.00 bits per heavy atom. The van der Waals surface area contributed by atoms with E-state index in [0.717, 1.165) is 11.4 Å². The quantitative estimate of drug-likeness (QED) is 0.413. The summed E-state index contributed by atoms with van der Waals surface area (Å²) >= 11 is 1.75. The van der Waals surface area contributed by atoms with Crippen LogP contribution >= 0.6 is 11.8 Å². The molecule has 0 aromatic heterocycles. The van der Waals surface area contributed by atoms with E-state index in [1.54, 1.807) is 42.1 Å². The number of carbonyl (C=O) groups excluding carboxylic acids is 2. The molecule has 0 fully saturated rings. The van der Waals surface area contributed by atoms with Crippen molar-refractivity contribution in [2.24, 2.45) is 0 Å². The topological polar surface area (TPSA) is 73.5 Å². The molecule has 1 heterocycles. The first-order valence-corrected chi connectivity index (χ1v) is 11.1. The average Bonchev–Trinajstić information content (AvgIpc) is 2.81. The molecule has 0 unspecified atom stereocenters. The summed E-state index contributed by atoms with van der Waals surface area (Å²) in [5.41, 5.74) is 3.56. The van der Waals surface area contributed by atoms with Gasteiger partial charge in [-0.2, -0.15) is 0 Å². The van der Waals surface area contributed by atoms with Gasteiger partial charge < -0.3 is 20.9 Å². The SMILES string of the molecule is C=CCNC(=O)Nc1ccc(NC(=O)CCN2c3ccccc3Sc3ccccc32)cc1. The molecule has 0 saturated carbocycles. The highest BCUT2D eigenvalue weighted by Crippen LogP contribution is 2.47. The van der Waals surface area contributed by atoms with Gasteiger partial charge in [-0.05, 0) is 48.5 Å². The molecule has 3 aromatic rings. The van der Waals surface area contributed by atoms with Gasteiger partial charge in [-0.3, -0.25) is 4.79 Å². The number of fused-ring (bicyclic) bond motifs is 2. The number of nitrogens with zero attached hydrogens (tertiary/aromatic N) is 1. The summed E-state index contributed by atoms with van der Waals surface area (Å²) in [7, 11) is 0. The minimum Gasteiger partial charge on any atom is -0.339 e. The van der Waals surface area contributed by atoms with Crippen LogP contribution in [0.15, 0.2) is 95.2 Å². The van der Waals surface area contributed by atoms with Crippen molar-refractivity contribution in [2.75, 3.05) is 28.6 Å². The zero-order chi connectivity index (χ0) is 22.3. The number of hydrogen-bond acceptors (Lipinski definition) is 4. The van der Waals surface area contributed by atoms with Gasteiger partial charge in [0.1, 0.15) is 0 Å². The number of benzene rings is 3. The summed E-state index contributed by atoms with van der Waals surface area (Å²) in [6.45, 7) is 4.53. The zero-order valence-electron chi connectivity index (χ0n) is 17.5. The molecule has 0 spiro atoms. The lowest BCUT2D eigenvalue weighted by Gasteiger charge is -2.32. The third-order valence-electron chi connectivity index (χ3n) is 4.93. The van der Waals surface area contributed by atoms with Crippen LogP contribution < -0.4 is 20.9 Å². The van der Waals surface area contributed by atoms with Gasteiger partial charge in [0.2, 0.25) is 5.91 Å². The summed E-state index contributed by atoms with van der Waals surface area (Å²) < 4.78 is 0. The third-order valence-corrected chi connectivity index (χ3v) is 6.06. The van der Waals surface area contributed by atoms with Crippen molar-refractivity contribution in [1.29, 1.82) is 0 Å². The first-order valence-electron chi connectivity index (χ1n) is 10.3. The average molecular weight is 445 g/mol. The Hall–Kier alpha value is -3.71. The van der Waals surface area contributed by atoms with Crippen LogP contribution in [-0.4, -0.2) is 25.0 Å². The van der Waals surface area contributed by atoms with Gasteiger partial charge in [0, 0.05) is 40.7 Å². The number of urea groups is 1. The lowest BCUT2D eigenvalue weighted by atomic mass is 10.2. The normalized spacial score (nSPS) is 11.7. The maximum atomic E-state index is 12.6. The number of hydrogen-bond donors (Lipinski definition) is 3. The van der Waals surface area contributed by atoms with Gasteiger partial charge >= 0.3 is 6.03 Å². The minimum atomic E-state index is -0.304. The number of amides is 3. The van der Waals surface area contributed by atoms with E-state index >= 15 is 0 Å². The molecule has 0 saturated heterocycles. The Morgan fingerprint density at radius 2 is 1.41 bits per heavy atom. The van der Waals surface area contributed by atoms with E-state index in [9.17, 15) is 9.59 Å². The van der Waals surface area contributed by atoms with Crippen molar-refractivity contribution < 1.29 is 9.59 Å². The first-order chi connectivity index (χ1) is 15.6. The molecular formula is C25H24N4O2S. The fourth-order valence-electron chi connectivity index (χ4n) is 3.44. The van der Waals surface area contributed by atoms with E-state index < -0.39 is 0 Å². The number of para-hydroxylation sites is 2. The number of anilines is 4. The van der Waals surface area contributed by atoms with E-state index in [4.69, 9.17) is 0 Å². The van der Waals surface area contributed by atoms with Crippen LogP contribution in [0.5, 0.6) is 0 Å². The molecule has 6 nitrogen and oxygen atoms in total. The largest absolute Gasteiger partial charge is 0.339 e. The summed E-state index contributed by atoms with van der Waals surface area (Å²) in [4.78, 5) is 28.9. The zero-order valence-corrected chi connectivity index (χ0v) is 18.3. The van der Waals surface area contributed by atoms with E-state index in [-0.39, 0.29) is 11.9 Å². The van der Waals surface area contributed by atoms with Crippen molar-refractivity contribution >= 4 is 46.4 Å². The smallest absolute Gasteiger partial charge is 0.319 e. The maximum Gasteiger partial charge on any atom is 0.319 e. The van der Waals surface area contributed by atoms with Gasteiger partial charge in [0.25, 0.3) is 0 Å². The molecule has 1 aliphatic rings. The number of nitrogens with one attached hydrogen (secondary N) is 3. The summed E-state index contributed by atoms with van der Waals surface area (Å²) in [5.74, 6) is -0.0670. The molecule has 3 aromatic carbocycles. The first kappa shape index (κ1) is 21.5. The second kappa shape index (κ2) is 10.1. The molecule has 0 aliphatic carbocycles. The Balaban J connectivity index is 1.37. The van der Waals surface area contributed by atoms with E-state index in [1.165, 1.54) is 9.79 Å². The Labute approximate surface area is 191 Å². The maximum absolute atomic E-state index is 12.6. The van der Waals surface area contributed by atoms with Crippen molar-refractivity contribution in [3.05, 3.63) is 85.5 Å². The molecule has 0 bridgehead atoms. The Kier molecular flexibility index (Phi) is 6.77. The van der Waals surface area contributed by atoms with E-state index in [2.05, 4.69) is 51.7 Å². The van der Waals surface area contributed by atoms with Crippen LogP contribution in [0.1, 0.15) is 6.42 Å². The Morgan fingerprint density at radius 1 is 0.844 bits per heavy atom. The number of carbonyl (C=O) groups is 2. The van der Waals surface area contributed by atoms with Crippen molar-refractivity contribution in [3.8, 4) is 0 Å². The minimum absolute atomic E-state index is 0.0670. The molecule has 3 N–H and O–H groups in total. The molecular weight excluding hydrogens is 420 g/mol. The van der Waals surface area contributed by atoms with Gasteiger partial charge in [-0.1, -0.05) is 42.1 Å². The molecule has 7 heteroatoms. The molecule has 0 radical (unpaired) electrons. The van der Waals surface area contributed by atoms with Crippen LogP contribution in [0.2, 0.25) is 0 Å². The molecule has 162 valence electrons. The number of rotatable bonds is 7. The lowest BCUT2D eigenvalue weighted by molar-refractivity contribution is -0.116. The highest BCUT2D eigenvalue weighted by molar-refractivity contribution is 7.99. The highest BCUT2D eigenvalue weighted by atomic mass is 32.2. The van der Waals surface area contributed by atoms with Gasteiger partial charge in [-0.25, -0.2) is 4.79 Å². The molecule has 3 amide bonds. The van der Waals surface area contributed by atoms with E-state index in [0.29, 0.717) is 30.9 Å². The standard InChI is InChI=1S/C25H24N4O2S/c1-2-16-26-25(31)28-19-13-11-18(12-14-19)27-24(30)15-17-29-20-7-3-5-9-22(20)32-23-10-6-4-8-21(23)29/h2-14H,1,15-17H2,(H,27,30)(H2,26,28,31). The highest BCUT2D eigenvalue weighted by Gasteiger charge is 2.23. The second-order valence-electron chi connectivity index (χ2n) is 7.19. The van der Waals surface area contributed by atoms with E-state index in [1.807, 2.05) is 24.3 Å². The molecule has 32 heavy (non-hydrogen) atoms. The molecule has 1 aliphatic heterocycles. The van der Waals surface area contributed by atoms with Crippen LogP contribution in [0, 0.1) is 0 Å². The monoisotopic (exact) mass is 444 g/mol. The fraction of sp³-hybridized carbons (Fsp3) is 0.120. The molecule has 4 rings (SSSR count). The van der Waals surface area contributed by atoms with Crippen molar-refractivity contribution in [3.63, 3.8) is 0 Å². The van der Waals surface area contributed by atoms with Crippen LogP contribution in [0.4, 0.5) is 27.5 Å². The van der Waals surface area contributed by atoms with Crippen LogP contribution in [-0.2, 0) is 4.79 Å². The van der Waals surface area contributed by atoms with Crippen LogP contribution in [0.3, 0.4) is 0 Å². The van der Waals surface area contributed by atoms with Gasteiger partial charge in [0.15, 0.2) is 0 Å². The third kappa shape index (κ3) is 5.12.